The maximum atomic E-state index is 9.28. The molecule has 0 aliphatic heterocycles. The summed E-state index contributed by atoms with van der Waals surface area (Å²) in [6.45, 7) is -0.214. The minimum absolute atomic E-state index is 0.214. The van der Waals surface area contributed by atoms with Crippen LogP contribution in [0, 0.1) is 5.92 Å². The second kappa shape index (κ2) is 5.58. The molecule has 0 saturated heterocycles. The molecule has 0 radical (unpaired) electrons. The number of aliphatic hydroxyl groups excluding tert-OH is 2. The van der Waals surface area contributed by atoms with Gasteiger partial charge in [0, 0.05) is 6.04 Å². The van der Waals surface area contributed by atoms with Crippen LogP contribution in [0.1, 0.15) is 38.5 Å². The summed E-state index contributed by atoms with van der Waals surface area (Å²) in [5.74, 6) is 0.671. The summed E-state index contributed by atoms with van der Waals surface area (Å²) in [7, 11) is 0. The molecule has 1 unspecified atom stereocenters. The maximum Gasteiger partial charge on any atom is 0.0921 e. The first-order chi connectivity index (χ1) is 6.24. The van der Waals surface area contributed by atoms with Crippen LogP contribution in [0.15, 0.2) is 0 Å². The number of rotatable bonds is 4. The normalized spacial score (nSPS) is 24.2. The van der Waals surface area contributed by atoms with Crippen molar-refractivity contribution in [2.45, 2.75) is 50.7 Å². The van der Waals surface area contributed by atoms with Gasteiger partial charge in [-0.1, -0.05) is 32.1 Å². The van der Waals surface area contributed by atoms with Crippen molar-refractivity contribution in [1.29, 1.82) is 0 Å². The average Bonchev–Trinajstić information content (AvgIpc) is 2.18. The number of hydrogen-bond acceptors (Lipinski definition) is 3. The summed E-state index contributed by atoms with van der Waals surface area (Å²) < 4.78 is 0. The second-order valence-corrected chi connectivity index (χ2v) is 4.15. The Bertz CT molecular complexity index is 135. The Hall–Kier alpha value is -0.120. The predicted molar refractivity (Wildman–Crippen MR) is 52.3 cm³/mol. The van der Waals surface area contributed by atoms with Crippen LogP contribution in [0.2, 0.25) is 0 Å². The third kappa shape index (κ3) is 3.63. The monoisotopic (exact) mass is 187 g/mol. The highest BCUT2D eigenvalue weighted by Crippen LogP contribution is 2.27. The lowest BCUT2D eigenvalue weighted by Crippen LogP contribution is -2.39. The van der Waals surface area contributed by atoms with Gasteiger partial charge in [-0.15, -0.1) is 0 Å². The Balaban J connectivity index is 2.21. The summed E-state index contributed by atoms with van der Waals surface area (Å²) in [6, 6.07) is -0.243. The molecule has 0 heterocycles. The molecule has 0 bridgehead atoms. The van der Waals surface area contributed by atoms with E-state index < -0.39 is 6.10 Å². The van der Waals surface area contributed by atoms with Gasteiger partial charge in [-0.3, -0.25) is 0 Å². The zero-order chi connectivity index (χ0) is 9.68. The van der Waals surface area contributed by atoms with E-state index in [0.29, 0.717) is 5.92 Å². The second-order valence-electron chi connectivity index (χ2n) is 4.15. The molecule has 3 heteroatoms. The summed E-state index contributed by atoms with van der Waals surface area (Å²) in [5.41, 5.74) is 5.75. The first-order valence-electron chi connectivity index (χ1n) is 5.28. The van der Waals surface area contributed by atoms with E-state index in [4.69, 9.17) is 10.8 Å². The fourth-order valence-corrected chi connectivity index (χ4v) is 2.10. The van der Waals surface area contributed by atoms with E-state index in [9.17, 15) is 5.11 Å². The van der Waals surface area contributed by atoms with Crippen LogP contribution in [0.4, 0.5) is 0 Å². The van der Waals surface area contributed by atoms with Crippen molar-refractivity contribution in [3.8, 4) is 0 Å². The van der Waals surface area contributed by atoms with Crippen molar-refractivity contribution in [3.05, 3.63) is 0 Å². The lowest BCUT2D eigenvalue weighted by molar-refractivity contribution is 0.0646. The summed E-state index contributed by atoms with van der Waals surface area (Å²) in [5, 5.41) is 18.0. The maximum absolute atomic E-state index is 9.28. The number of hydrogen-bond donors (Lipinski definition) is 3. The molecule has 3 nitrogen and oxygen atoms in total. The molecule has 1 aliphatic carbocycles. The lowest BCUT2D eigenvalue weighted by atomic mass is 9.84. The van der Waals surface area contributed by atoms with Crippen molar-refractivity contribution in [2.75, 3.05) is 6.61 Å². The van der Waals surface area contributed by atoms with E-state index in [1.54, 1.807) is 0 Å². The Morgan fingerprint density at radius 1 is 1.23 bits per heavy atom. The van der Waals surface area contributed by atoms with E-state index in [-0.39, 0.29) is 12.6 Å². The molecular weight excluding hydrogens is 166 g/mol. The molecule has 1 saturated carbocycles. The van der Waals surface area contributed by atoms with Gasteiger partial charge < -0.3 is 15.9 Å². The molecule has 0 aromatic heterocycles. The smallest absolute Gasteiger partial charge is 0.0921 e. The molecule has 1 aliphatic rings. The first kappa shape index (κ1) is 11.0. The van der Waals surface area contributed by atoms with E-state index in [1.807, 2.05) is 0 Å². The van der Waals surface area contributed by atoms with Crippen LogP contribution >= 0.6 is 0 Å². The molecule has 0 spiro atoms. The Morgan fingerprint density at radius 2 is 1.85 bits per heavy atom. The zero-order valence-electron chi connectivity index (χ0n) is 8.15. The van der Waals surface area contributed by atoms with Gasteiger partial charge in [0.2, 0.25) is 0 Å². The molecule has 2 atom stereocenters. The van der Waals surface area contributed by atoms with Crippen LogP contribution in [-0.2, 0) is 0 Å². The van der Waals surface area contributed by atoms with Crippen molar-refractivity contribution in [2.24, 2.45) is 11.7 Å². The van der Waals surface area contributed by atoms with Gasteiger partial charge in [0.1, 0.15) is 0 Å². The highest BCUT2D eigenvalue weighted by Gasteiger charge is 2.20. The fourth-order valence-electron chi connectivity index (χ4n) is 2.10. The third-order valence-corrected chi connectivity index (χ3v) is 3.01. The highest BCUT2D eigenvalue weighted by atomic mass is 16.3. The molecule has 0 amide bonds. The van der Waals surface area contributed by atoms with Crippen LogP contribution in [0.25, 0.3) is 0 Å². The van der Waals surface area contributed by atoms with Crippen LogP contribution < -0.4 is 5.73 Å². The van der Waals surface area contributed by atoms with E-state index in [2.05, 4.69) is 0 Å². The topological polar surface area (TPSA) is 66.5 Å². The van der Waals surface area contributed by atoms with Gasteiger partial charge >= 0.3 is 0 Å². The van der Waals surface area contributed by atoms with Gasteiger partial charge in [-0.25, -0.2) is 0 Å². The van der Waals surface area contributed by atoms with Crippen molar-refractivity contribution in [1.82, 2.24) is 0 Å². The van der Waals surface area contributed by atoms with Gasteiger partial charge in [0.05, 0.1) is 12.7 Å². The summed E-state index contributed by atoms with van der Waals surface area (Å²) in [4.78, 5) is 0. The van der Waals surface area contributed by atoms with Crippen LogP contribution in [-0.4, -0.2) is 29.0 Å². The predicted octanol–water partition coefficient (Wildman–Crippen LogP) is 0.637. The minimum atomic E-state index is -0.734. The molecule has 4 N–H and O–H groups in total. The van der Waals surface area contributed by atoms with Gasteiger partial charge in [-0.05, 0) is 12.3 Å². The Morgan fingerprint density at radius 3 is 2.38 bits per heavy atom. The molecule has 0 aromatic carbocycles. The van der Waals surface area contributed by atoms with Crippen molar-refractivity contribution in [3.63, 3.8) is 0 Å². The van der Waals surface area contributed by atoms with E-state index in [1.165, 1.54) is 32.1 Å². The fraction of sp³-hybridized carbons (Fsp3) is 1.00. The molecule has 1 rings (SSSR count). The number of aliphatic hydroxyl groups is 2. The SMILES string of the molecule is N[C@@H](CC1CCCCC1)C(O)CO. The largest absolute Gasteiger partial charge is 0.394 e. The van der Waals surface area contributed by atoms with E-state index >= 15 is 0 Å². The minimum Gasteiger partial charge on any atom is -0.394 e. The van der Waals surface area contributed by atoms with Gasteiger partial charge in [0.25, 0.3) is 0 Å². The Labute approximate surface area is 79.9 Å². The van der Waals surface area contributed by atoms with Gasteiger partial charge in [0.15, 0.2) is 0 Å². The molecule has 1 fully saturated rings. The molecular formula is C10H21NO2. The third-order valence-electron chi connectivity index (χ3n) is 3.01. The lowest BCUT2D eigenvalue weighted by Gasteiger charge is -2.26. The summed E-state index contributed by atoms with van der Waals surface area (Å²) in [6.07, 6.45) is 6.55. The molecule has 0 aromatic rings. The van der Waals surface area contributed by atoms with Gasteiger partial charge in [-0.2, -0.15) is 0 Å². The van der Waals surface area contributed by atoms with E-state index in [0.717, 1.165) is 6.42 Å². The van der Waals surface area contributed by atoms with Crippen molar-refractivity contribution < 1.29 is 10.2 Å². The van der Waals surface area contributed by atoms with Crippen LogP contribution in [0.3, 0.4) is 0 Å². The zero-order valence-corrected chi connectivity index (χ0v) is 8.15. The van der Waals surface area contributed by atoms with Crippen molar-refractivity contribution >= 4 is 0 Å². The quantitative estimate of drug-likeness (QED) is 0.605. The Kier molecular flexibility index (Phi) is 4.70. The molecule has 13 heavy (non-hydrogen) atoms. The first-order valence-corrected chi connectivity index (χ1v) is 5.28. The standard InChI is InChI=1S/C10H21NO2/c11-9(10(13)7-12)6-8-4-2-1-3-5-8/h8-10,12-13H,1-7,11H2/t9-,10?/m0/s1. The average molecular weight is 187 g/mol. The highest BCUT2D eigenvalue weighted by molar-refractivity contribution is 4.76. The summed E-state index contributed by atoms with van der Waals surface area (Å²) >= 11 is 0. The molecule has 78 valence electrons. The van der Waals surface area contributed by atoms with Crippen LogP contribution in [0.5, 0.6) is 0 Å². The number of nitrogens with two attached hydrogens (primary N) is 1.